The Morgan fingerprint density at radius 1 is 0.304 bits per heavy atom. The number of aromatic amines is 4. The number of rotatable bonds is 8. The second-order valence-electron chi connectivity index (χ2n) is 12.6. The van der Waals surface area contributed by atoms with Gasteiger partial charge in [-0.15, -0.1) is 0 Å². The van der Waals surface area contributed by atoms with E-state index in [1.807, 2.05) is 48.5 Å². The molecule has 5 heterocycles. The fourth-order valence-corrected chi connectivity index (χ4v) is 7.64. The van der Waals surface area contributed by atoms with Crippen molar-refractivity contribution in [2.24, 2.45) is 20.0 Å². The lowest BCUT2D eigenvalue weighted by atomic mass is 10.1. The smallest absolute Gasteiger partial charge is 0.208 e. The minimum atomic E-state index is 0.297. The molecule has 1 aliphatic heterocycles. The van der Waals surface area contributed by atoms with Crippen LogP contribution in [0.2, 0.25) is 0 Å². The number of H-pyrrole nitrogens is 4. The fourth-order valence-electron chi connectivity index (χ4n) is 7.64. The Morgan fingerprint density at radius 2 is 0.589 bits per heavy atom. The van der Waals surface area contributed by atoms with E-state index in [0.717, 1.165) is 21.5 Å². The highest BCUT2D eigenvalue weighted by Gasteiger charge is 2.31. The van der Waals surface area contributed by atoms with E-state index in [-0.39, 0.29) is 0 Å². The lowest BCUT2D eigenvalue weighted by Crippen LogP contribution is -2.10. The summed E-state index contributed by atoms with van der Waals surface area (Å²) in [4.78, 5) is 34.6. The van der Waals surface area contributed by atoms with Gasteiger partial charge in [-0.25, -0.2) is 20.0 Å². The Hall–Kier alpha value is -7.36. The van der Waals surface area contributed by atoms with E-state index in [1.54, 1.807) is 28.4 Å². The maximum Gasteiger partial charge on any atom is 0.208 e. The molecule has 1 aliphatic rings. The molecule has 0 radical (unpaired) electrons. The highest BCUT2D eigenvalue weighted by Crippen LogP contribution is 2.56. The van der Waals surface area contributed by atoms with Gasteiger partial charge >= 0.3 is 0 Å². The number of hydrogen-bond donors (Lipinski definition) is 4. The number of aromatic nitrogens is 4. The summed E-state index contributed by atoms with van der Waals surface area (Å²) in [5.74, 6) is 4.41. The molecule has 16 nitrogen and oxygen atoms in total. The zero-order valence-corrected chi connectivity index (χ0v) is 31.7. The lowest BCUT2D eigenvalue weighted by molar-refractivity contribution is 0.309. The molecule has 0 fully saturated rings. The van der Waals surface area contributed by atoms with Crippen molar-refractivity contribution in [3.05, 3.63) is 70.5 Å². The van der Waals surface area contributed by atoms with Gasteiger partial charge in [-0.05, 0) is 0 Å². The molecule has 9 rings (SSSR count). The third-order valence-corrected chi connectivity index (χ3v) is 9.94. The van der Waals surface area contributed by atoms with Crippen molar-refractivity contribution in [3.8, 4) is 46.0 Å². The Kier molecular flexibility index (Phi) is 8.10. The monoisotopic (exact) mass is 756 g/mol. The molecule has 56 heavy (non-hydrogen) atoms. The maximum atomic E-state index is 6.05. The molecule has 0 saturated carbocycles. The zero-order valence-electron chi connectivity index (χ0n) is 31.7. The molecule has 4 N–H and O–H groups in total. The molecule has 8 bridgehead atoms. The van der Waals surface area contributed by atoms with E-state index in [0.29, 0.717) is 113 Å². The van der Waals surface area contributed by atoms with Crippen LogP contribution in [0.5, 0.6) is 46.0 Å². The standard InChI is InChI=1S/C40H36N8O8/c1-49-25-21-23(27(51-3)31(55-7)29(25)53-5)39-46-37(21)44-35-19-15-11-9-13-17(19)33(42-35)41-34-18-14-10-12-16-20(18)36(43-34)45-38-22-24(40(47-38)48-39)28(52-4)32(56-8)30(54-6)26(22)50-2/h9-16H,1-8H3,(H4,41,42,43,44,45,46,47,48). The lowest BCUT2D eigenvalue weighted by Gasteiger charge is -2.17. The van der Waals surface area contributed by atoms with Gasteiger partial charge < -0.3 is 57.8 Å². The SMILES string of the molecule is COc1c(OC)c(OC)c2c3[nH]c(c2c1OC)N=c1[nH]c(c2ccccc12)=Nc1[nH]c(c2ccccc12)N=c1[nH]c(c2c(OC)c(OC)c(OC)c(OC)c12)=N3. The number of benzene rings is 4. The number of methoxy groups -OCH3 is 8. The average Bonchev–Trinajstić information content (AvgIpc) is 3.97. The van der Waals surface area contributed by atoms with Crippen LogP contribution in [0.4, 0.5) is 23.3 Å². The van der Waals surface area contributed by atoms with Crippen LogP contribution in [0.3, 0.4) is 0 Å². The fraction of sp³-hybridized carbons (Fsp3) is 0.200. The third-order valence-electron chi connectivity index (χ3n) is 9.94. The molecule has 0 amide bonds. The van der Waals surface area contributed by atoms with Crippen molar-refractivity contribution in [1.82, 2.24) is 19.9 Å². The molecule has 8 aromatic rings. The van der Waals surface area contributed by atoms with Gasteiger partial charge in [0.05, 0.1) is 78.4 Å². The van der Waals surface area contributed by atoms with Crippen LogP contribution in [-0.4, -0.2) is 76.8 Å². The Morgan fingerprint density at radius 3 is 0.982 bits per heavy atom. The first-order valence-electron chi connectivity index (χ1n) is 17.3. The quantitative estimate of drug-likeness (QED) is 0.150. The number of ether oxygens (including phenoxy) is 8. The highest BCUT2D eigenvalue weighted by molar-refractivity contribution is 6.11. The van der Waals surface area contributed by atoms with Gasteiger partial charge in [0, 0.05) is 21.5 Å². The number of hydrogen-bond acceptors (Lipinski definition) is 12. The predicted molar refractivity (Wildman–Crippen MR) is 209 cm³/mol. The summed E-state index contributed by atoms with van der Waals surface area (Å²) in [6.45, 7) is 0. The molecule has 0 spiro atoms. The van der Waals surface area contributed by atoms with Crippen LogP contribution >= 0.6 is 0 Å². The van der Waals surface area contributed by atoms with Gasteiger partial charge in [0.25, 0.3) is 0 Å². The zero-order chi connectivity index (χ0) is 38.8. The third kappa shape index (κ3) is 4.77. The molecule has 0 saturated heterocycles. The minimum absolute atomic E-state index is 0.297. The first-order chi connectivity index (χ1) is 27.4. The van der Waals surface area contributed by atoms with E-state index < -0.39 is 0 Å². The van der Waals surface area contributed by atoms with E-state index in [9.17, 15) is 0 Å². The molecular formula is C40H36N8O8. The summed E-state index contributed by atoms with van der Waals surface area (Å²) in [6.07, 6.45) is 0. The summed E-state index contributed by atoms with van der Waals surface area (Å²) in [5.41, 5.74) is 1.84. The van der Waals surface area contributed by atoms with Crippen molar-refractivity contribution in [1.29, 1.82) is 0 Å². The largest absolute Gasteiger partial charge is 0.492 e. The summed E-state index contributed by atoms with van der Waals surface area (Å²) >= 11 is 0. The minimum Gasteiger partial charge on any atom is -0.492 e. The molecule has 16 heteroatoms. The van der Waals surface area contributed by atoms with Gasteiger partial charge in [-0.3, -0.25) is 0 Å². The van der Waals surface area contributed by atoms with Gasteiger partial charge in [0.15, 0.2) is 23.0 Å². The van der Waals surface area contributed by atoms with E-state index in [2.05, 4.69) is 19.9 Å². The van der Waals surface area contributed by atoms with Crippen molar-refractivity contribution in [2.45, 2.75) is 0 Å². The van der Waals surface area contributed by atoms with Gasteiger partial charge in [0.1, 0.15) is 45.2 Å². The normalized spacial score (nSPS) is 12.1. The summed E-state index contributed by atoms with van der Waals surface area (Å²) in [5, 5.41) is 5.42. The summed E-state index contributed by atoms with van der Waals surface area (Å²) < 4.78 is 47.7. The molecule has 0 unspecified atom stereocenters. The van der Waals surface area contributed by atoms with Crippen LogP contribution in [0.15, 0.2) is 68.5 Å². The van der Waals surface area contributed by atoms with Crippen LogP contribution in [0.1, 0.15) is 0 Å². The van der Waals surface area contributed by atoms with Crippen molar-refractivity contribution < 1.29 is 37.9 Å². The molecule has 4 aromatic heterocycles. The Balaban J connectivity index is 1.58. The molecule has 0 atom stereocenters. The second-order valence-corrected chi connectivity index (χ2v) is 12.6. The van der Waals surface area contributed by atoms with Crippen LogP contribution in [-0.2, 0) is 0 Å². The number of fused-ring (bicyclic) bond motifs is 20. The molecule has 284 valence electrons. The van der Waals surface area contributed by atoms with Gasteiger partial charge in [-0.2, -0.15) is 0 Å². The van der Waals surface area contributed by atoms with Gasteiger partial charge in [-0.1, -0.05) is 48.5 Å². The highest BCUT2D eigenvalue weighted by atomic mass is 16.6. The first-order valence-corrected chi connectivity index (χ1v) is 17.3. The van der Waals surface area contributed by atoms with E-state index in [4.69, 9.17) is 57.9 Å². The molecule has 0 aliphatic carbocycles. The Labute approximate surface area is 317 Å². The number of nitrogens with zero attached hydrogens (tertiary/aromatic N) is 4. The number of nitrogens with one attached hydrogen (secondary N) is 4. The predicted octanol–water partition coefficient (Wildman–Crippen LogP) is 5.80. The molecular weight excluding hydrogens is 720 g/mol. The summed E-state index contributed by atoms with van der Waals surface area (Å²) in [6, 6.07) is 15.8. The van der Waals surface area contributed by atoms with Crippen LogP contribution < -0.4 is 59.8 Å². The van der Waals surface area contributed by atoms with Crippen molar-refractivity contribution in [3.63, 3.8) is 0 Å². The topological polar surface area (TPSA) is 186 Å². The van der Waals surface area contributed by atoms with Crippen LogP contribution in [0, 0.1) is 0 Å². The average molecular weight is 757 g/mol. The van der Waals surface area contributed by atoms with Crippen LogP contribution in [0.25, 0.3) is 43.1 Å². The Bertz CT molecular complexity index is 3160. The van der Waals surface area contributed by atoms with E-state index in [1.165, 1.54) is 28.4 Å². The maximum absolute atomic E-state index is 6.05. The van der Waals surface area contributed by atoms with Crippen molar-refractivity contribution >= 4 is 66.4 Å². The van der Waals surface area contributed by atoms with E-state index >= 15 is 0 Å². The first kappa shape index (κ1) is 34.4. The molecule has 4 aromatic carbocycles. The van der Waals surface area contributed by atoms with Crippen molar-refractivity contribution in [2.75, 3.05) is 56.9 Å². The second kappa shape index (κ2) is 13.2. The summed E-state index contributed by atoms with van der Waals surface area (Å²) in [7, 11) is 12.3. The van der Waals surface area contributed by atoms with Gasteiger partial charge in [0.2, 0.25) is 23.0 Å².